The average Bonchev–Trinajstić information content (AvgIpc) is 3.42. The Morgan fingerprint density at radius 1 is 1.09 bits per heavy atom. The van der Waals surface area contributed by atoms with Crippen molar-refractivity contribution in [2.24, 2.45) is 0 Å². The Morgan fingerprint density at radius 3 is 2.43 bits per heavy atom. The minimum Gasteiger partial charge on any atom is -0.497 e. The van der Waals surface area contributed by atoms with Gasteiger partial charge in [-0.3, -0.25) is 15.0 Å². The Balaban J connectivity index is 1.44. The molecule has 10 nitrogen and oxygen atoms in total. The number of rotatable bonds is 9. The van der Waals surface area contributed by atoms with Crippen LogP contribution in [-0.2, 0) is 21.7 Å². The fourth-order valence-electron chi connectivity index (χ4n) is 3.96. The molecule has 0 saturated carbocycles. The standard InChI is InChI=1S/C24H26N6O4S/c1-4-24(17-9-7-6-8-10-17)21(32)30(22(33)25-24)28-19(31)15-35-23-27-26-20(29(23)5-2)16-11-13-18(34-3)14-12-16/h6-14H,4-5,15H2,1-3H3,(H,25,33)(H,28,31). The number of imide groups is 1. The van der Waals surface area contributed by atoms with E-state index in [4.69, 9.17) is 4.74 Å². The van der Waals surface area contributed by atoms with Gasteiger partial charge >= 0.3 is 6.03 Å². The number of amides is 4. The van der Waals surface area contributed by atoms with Crippen LogP contribution in [0.1, 0.15) is 25.8 Å². The largest absolute Gasteiger partial charge is 0.497 e. The quantitative estimate of drug-likeness (QED) is 0.347. The summed E-state index contributed by atoms with van der Waals surface area (Å²) in [5.41, 5.74) is 2.75. The van der Waals surface area contributed by atoms with Gasteiger partial charge in [-0.1, -0.05) is 49.0 Å². The fourth-order valence-corrected chi connectivity index (χ4v) is 4.75. The second-order valence-corrected chi connectivity index (χ2v) is 8.74. The van der Waals surface area contributed by atoms with E-state index in [-0.39, 0.29) is 5.75 Å². The monoisotopic (exact) mass is 494 g/mol. The highest BCUT2D eigenvalue weighted by Crippen LogP contribution is 2.31. The van der Waals surface area contributed by atoms with E-state index in [0.717, 1.165) is 16.3 Å². The van der Waals surface area contributed by atoms with Crippen LogP contribution in [0, 0.1) is 0 Å². The lowest BCUT2D eigenvalue weighted by atomic mass is 9.87. The van der Waals surface area contributed by atoms with Crippen molar-refractivity contribution in [2.75, 3.05) is 12.9 Å². The molecule has 0 aliphatic carbocycles. The van der Waals surface area contributed by atoms with Gasteiger partial charge in [-0.2, -0.15) is 5.01 Å². The van der Waals surface area contributed by atoms with E-state index in [2.05, 4.69) is 20.9 Å². The van der Waals surface area contributed by atoms with Gasteiger partial charge in [0.2, 0.25) is 5.91 Å². The van der Waals surface area contributed by atoms with E-state index < -0.39 is 23.4 Å². The van der Waals surface area contributed by atoms with Crippen LogP contribution in [-0.4, -0.2) is 50.5 Å². The molecule has 0 bridgehead atoms. The molecule has 4 rings (SSSR count). The molecule has 1 unspecified atom stereocenters. The summed E-state index contributed by atoms with van der Waals surface area (Å²) in [6.07, 6.45) is 0.344. The predicted octanol–water partition coefficient (Wildman–Crippen LogP) is 2.95. The molecule has 35 heavy (non-hydrogen) atoms. The summed E-state index contributed by atoms with van der Waals surface area (Å²) >= 11 is 1.17. The second-order valence-electron chi connectivity index (χ2n) is 7.80. The number of carbonyl (C=O) groups is 3. The first-order valence-corrected chi connectivity index (χ1v) is 12.1. The van der Waals surface area contributed by atoms with Crippen molar-refractivity contribution in [1.82, 2.24) is 30.5 Å². The Morgan fingerprint density at radius 2 is 1.80 bits per heavy atom. The van der Waals surface area contributed by atoms with Crippen LogP contribution in [0.5, 0.6) is 5.75 Å². The maximum atomic E-state index is 13.2. The number of urea groups is 1. The number of thioether (sulfide) groups is 1. The number of hydrogen-bond acceptors (Lipinski definition) is 7. The third-order valence-electron chi connectivity index (χ3n) is 5.84. The predicted molar refractivity (Wildman–Crippen MR) is 130 cm³/mol. The van der Waals surface area contributed by atoms with Crippen LogP contribution in [0.4, 0.5) is 4.79 Å². The zero-order valence-corrected chi connectivity index (χ0v) is 20.5. The van der Waals surface area contributed by atoms with Crippen molar-refractivity contribution in [2.45, 2.75) is 37.5 Å². The Labute approximate surface area is 207 Å². The van der Waals surface area contributed by atoms with Crippen LogP contribution >= 0.6 is 11.8 Å². The lowest BCUT2D eigenvalue weighted by molar-refractivity contribution is -0.138. The number of methoxy groups -OCH3 is 1. The smallest absolute Gasteiger partial charge is 0.344 e. The minimum atomic E-state index is -1.21. The molecule has 2 heterocycles. The summed E-state index contributed by atoms with van der Waals surface area (Å²) in [5, 5.41) is 12.5. The topological polar surface area (TPSA) is 118 Å². The molecule has 3 aromatic rings. The van der Waals surface area contributed by atoms with E-state index >= 15 is 0 Å². The minimum absolute atomic E-state index is 0.0533. The van der Waals surface area contributed by atoms with Gasteiger partial charge in [0.05, 0.1) is 12.9 Å². The summed E-state index contributed by atoms with van der Waals surface area (Å²) in [5.74, 6) is 0.329. The summed E-state index contributed by atoms with van der Waals surface area (Å²) in [4.78, 5) is 38.4. The molecule has 11 heteroatoms. The molecule has 1 fully saturated rings. The third kappa shape index (κ3) is 4.59. The SMILES string of the molecule is CCn1c(SCC(=O)NN2C(=O)NC(CC)(c3ccccc3)C2=O)nnc1-c1ccc(OC)cc1. The molecule has 1 saturated heterocycles. The van der Waals surface area contributed by atoms with Crippen LogP contribution in [0.15, 0.2) is 59.8 Å². The van der Waals surface area contributed by atoms with E-state index in [1.807, 2.05) is 48.7 Å². The molecule has 1 aliphatic heterocycles. The molecule has 1 aliphatic rings. The third-order valence-corrected chi connectivity index (χ3v) is 6.81. The molecule has 2 aromatic carbocycles. The maximum absolute atomic E-state index is 13.2. The van der Waals surface area contributed by atoms with Crippen LogP contribution in [0.25, 0.3) is 11.4 Å². The van der Waals surface area contributed by atoms with Crippen LogP contribution < -0.4 is 15.5 Å². The molecular weight excluding hydrogens is 468 g/mol. The van der Waals surface area contributed by atoms with Gasteiger partial charge in [0.25, 0.3) is 5.91 Å². The molecule has 0 radical (unpaired) electrons. The van der Waals surface area contributed by atoms with Gasteiger partial charge in [0.1, 0.15) is 11.3 Å². The first-order chi connectivity index (χ1) is 16.9. The van der Waals surface area contributed by atoms with E-state index in [1.165, 1.54) is 11.8 Å². The lowest BCUT2D eigenvalue weighted by Crippen LogP contribution is -2.49. The van der Waals surface area contributed by atoms with Crippen LogP contribution in [0.3, 0.4) is 0 Å². The number of nitrogens with zero attached hydrogens (tertiary/aromatic N) is 4. The Kier molecular flexibility index (Phi) is 7.06. The Hall–Kier alpha value is -3.86. The molecule has 1 aromatic heterocycles. The van der Waals surface area contributed by atoms with Crippen molar-refractivity contribution < 1.29 is 19.1 Å². The highest BCUT2D eigenvalue weighted by atomic mass is 32.2. The molecule has 0 spiro atoms. The zero-order valence-electron chi connectivity index (χ0n) is 19.6. The van der Waals surface area contributed by atoms with Crippen LogP contribution in [0.2, 0.25) is 0 Å². The summed E-state index contributed by atoms with van der Waals surface area (Å²) < 4.78 is 7.09. The highest BCUT2D eigenvalue weighted by molar-refractivity contribution is 7.99. The fraction of sp³-hybridized carbons (Fsp3) is 0.292. The normalized spacial score (nSPS) is 17.4. The first-order valence-electron chi connectivity index (χ1n) is 11.2. The molecule has 1 atom stereocenters. The summed E-state index contributed by atoms with van der Waals surface area (Å²) in [6.45, 7) is 4.37. The number of hydrazine groups is 1. The zero-order chi connectivity index (χ0) is 25.0. The number of ether oxygens (including phenoxy) is 1. The number of hydrogen-bond donors (Lipinski definition) is 2. The molecule has 2 N–H and O–H groups in total. The molecule has 4 amide bonds. The summed E-state index contributed by atoms with van der Waals surface area (Å²) in [6, 6.07) is 15.8. The van der Waals surface area contributed by atoms with Crippen molar-refractivity contribution in [3.63, 3.8) is 0 Å². The Bertz CT molecular complexity index is 1230. The molecule has 182 valence electrons. The van der Waals surface area contributed by atoms with Crippen molar-refractivity contribution in [3.05, 3.63) is 60.2 Å². The molecular formula is C24H26N6O4S. The van der Waals surface area contributed by atoms with Gasteiger partial charge < -0.3 is 14.6 Å². The van der Waals surface area contributed by atoms with Crippen molar-refractivity contribution in [3.8, 4) is 17.1 Å². The van der Waals surface area contributed by atoms with Gasteiger partial charge in [-0.15, -0.1) is 10.2 Å². The first kappa shape index (κ1) is 24.3. The summed E-state index contributed by atoms with van der Waals surface area (Å²) in [7, 11) is 1.60. The van der Waals surface area contributed by atoms with E-state index in [0.29, 0.717) is 29.5 Å². The number of benzene rings is 2. The lowest BCUT2D eigenvalue weighted by Gasteiger charge is -2.25. The number of nitrogens with one attached hydrogen (secondary N) is 2. The van der Waals surface area contributed by atoms with Gasteiger partial charge in [-0.05, 0) is 43.2 Å². The average molecular weight is 495 g/mol. The maximum Gasteiger partial charge on any atom is 0.344 e. The second kappa shape index (κ2) is 10.2. The van der Waals surface area contributed by atoms with Gasteiger partial charge in [0, 0.05) is 12.1 Å². The number of aromatic nitrogens is 3. The van der Waals surface area contributed by atoms with Gasteiger partial charge in [-0.25, -0.2) is 4.79 Å². The van der Waals surface area contributed by atoms with E-state index in [1.54, 1.807) is 31.4 Å². The highest BCUT2D eigenvalue weighted by Gasteiger charge is 2.52. The number of carbonyl (C=O) groups excluding carboxylic acids is 3. The van der Waals surface area contributed by atoms with Crippen molar-refractivity contribution in [1.29, 1.82) is 0 Å². The van der Waals surface area contributed by atoms with E-state index in [9.17, 15) is 14.4 Å². The van der Waals surface area contributed by atoms with Gasteiger partial charge in [0.15, 0.2) is 11.0 Å². The van der Waals surface area contributed by atoms with Crippen molar-refractivity contribution >= 4 is 29.6 Å².